The van der Waals surface area contributed by atoms with Crippen LogP contribution in [0, 0.1) is 0 Å². The molecule has 0 spiro atoms. The van der Waals surface area contributed by atoms with Crippen LogP contribution in [-0.2, 0) is 6.42 Å². The fourth-order valence-electron chi connectivity index (χ4n) is 2.08. The molecule has 0 aromatic heterocycles. The molecular weight excluding hydrogens is 196 g/mol. The van der Waals surface area contributed by atoms with E-state index in [0.29, 0.717) is 11.7 Å². The van der Waals surface area contributed by atoms with Crippen molar-refractivity contribution in [2.45, 2.75) is 58.8 Å². The van der Waals surface area contributed by atoms with E-state index in [4.69, 9.17) is 0 Å². The van der Waals surface area contributed by atoms with Crippen molar-refractivity contribution in [3.8, 4) is 5.75 Å². The zero-order valence-corrected chi connectivity index (χ0v) is 10.8. The third-order valence-corrected chi connectivity index (χ3v) is 3.19. The normalized spacial score (nSPS) is 12.7. The Kier molecular flexibility index (Phi) is 5.37. The molecule has 1 aromatic rings. The average Bonchev–Trinajstić information content (AvgIpc) is 2.28. The van der Waals surface area contributed by atoms with E-state index in [-0.39, 0.29) is 0 Å². The first-order valence-corrected chi connectivity index (χ1v) is 6.50. The SMILES string of the molecule is CCCCc1cc(C(C)CCC)ccc1O. The molecule has 1 nitrogen and oxygen atoms in total. The molecule has 1 aromatic carbocycles. The second-order valence-electron chi connectivity index (χ2n) is 4.68. The summed E-state index contributed by atoms with van der Waals surface area (Å²) >= 11 is 0. The topological polar surface area (TPSA) is 20.2 Å². The predicted molar refractivity (Wildman–Crippen MR) is 70.0 cm³/mol. The maximum Gasteiger partial charge on any atom is 0.118 e. The third kappa shape index (κ3) is 3.55. The quantitative estimate of drug-likeness (QED) is 0.740. The second-order valence-corrected chi connectivity index (χ2v) is 4.68. The van der Waals surface area contributed by atoms with Crippen LogP contribution in [0.5, 0.6) is 5.75 Å². The lowest BCUT2D eigenvalue weighted by molar-refractivity contribution is 0.466. The number of aryl methyl sites for hydroxylation is 1. The van der Waals surface area contributed by atoms with Crippen molar-refractivity contribution in [2.24, 2.45) is 0 Å². The summed E-state index contributed by atoms with van der Waals surface area (Å²) < 4.78 is 0. The van der Waals surface area contributed by atoms with Crippen molar-refractivity contribution in [3.63, 3.8) is 0 Å². The summed E-state index contributed by atoms with van der Waals surface area (Å²) in [5.41, 5.74) is 2.48. The van der Waals surface area contributed by atoms with Crippen molar-refractivity contribution in [1.82, 2.24) is 0 Å². The first kappa shape index (κ1) is 13.1. The molecule has 90 valence electrons. The van der Waals surface area contributed by atoms with Crippen LogP contribution in [0.1, 0.15) is 63.5 Å². The van der Waals surface area contributed by atoms with Crippen molar-refractivity contribution in [3.05, 3.63) is 29.3 Å². The Bertz CT molecular complexity index is 317. The van der Waals surface area contributed by atoms with Crippen LogP contribution in [-0.4, -0.2) is 5.11 Å². The van der Waals surface area contributed by atoms with Crippen LogP contribution in [0.15, 0.2) is 18.2 Å². The van der Waals surface area contributed by atoms with Gasteiger partial charge in [0.2, 0.25) is 0 Å². The number of hydrogen-bond acceptors (Lipinski definition) is 1. The van der Waals surface area contributed by atoms with E-state index in [1.807, 2.05) is 6.07 Å². The van der Waals surface area contributed by atoms with E-state index in [9.17, 15) is 5.11 Å². The number of aromatic hydroxyl groups is 1. The number of phenols is 1. The van der Waals surface area contributed by atoms with Crippen molar-refractivity contribution < 1.29 is 5.11 Å². The summed E-state index contributed by atoms with van der Waals surface area (Å²) in [6, 6.07) is 6.10. The molecule has 16 heavy (non-hydrogen) atoms. The van der Waals surface area contributed by atoms with Crippen LogP contribution >= 0.6 is 0 Å². The molecule has 0 saturated heterocycles. The summed E-state index contributed by atoms with van der Waals surface area (Å²) in [6.45, 7) is 6.66. The molecule has 1 N–H and O–H groups in total. The van der Waals surface area contributed by atoms with Crippen LogP contribution in [0.3, 0.4) is 0 Å². The Hall–Kier alpha value is -0.980. The molecule has 0 aliphatic carbocycles. The summed E-state index contributed by atoms with van der Waals surface area (Å²) in [4.78, 5) is 0. The second kappa shape index (κ2) is 6.57. The number of benzene rings is 1. The molecule has 1 heteroatoms. The van der Waals surface area contributed by atoms with Gasteiger partial charge in [-0.15, -0.1) is 0 Å². The standard InChI is InChI=1S/C15H24O/c1-4-6-8-14-11-13(9-10-15(14)16)12(3)7-5-2/h9-12,16H,4-8H2,1-3H3. The highest BCUT2D eigenvalue weighted by atomic mass is 16.3. The van der Waals surface area contributed by atoms with E-state index >= 15 is 0 Å². The van der Waals surface area contributed by atoms with E-state index < -0.39 is 0 Å². The largest absolute Gasteiger partial charge is 0.508 e. The van der Waals surface area contributed by atoms with Gasteiger partial charge in [0.1, 0.15) is 5.75 Å². The third-order valence-electron chi connectivity index (χ3n) is 3.19. The van der Waals surface area contributed by atoms with Gasteiger partial charge in [0.05, 0.1) is 0 Å². The predicted octanol–water partition coefficient (Wildman–Crippen LogP) is 4.64. The van der Waals surface area contributed by atoms with E-state index in [2.05, 4.69) is 32.9 Å². The van der Waals surface area contributed by atoms with Gasteiger partial charge in [-0.3, -0.25) is 0 Å². The lowest BCUT2D eigenvalue weighted by atomic mass is 9.93. The van der Waals surface area contributed by atoms with Crippen LogP contribution < -0.4 is 0 Å². The molecule has 1 atom stereocenters. The van der Waals surface area contributed by atoms with E-state index in [1.165, 1.54) is 24.8 Å². The Labute approximate surface area is 99.5 Å². The fourth-order valence-corrected chi connectivity index (χ4v) is 2.08. The Morgan fingerprint density at radius 3 is 2.56 bits per heavy atom. The monoisotopic (exact) mass is 220 g/mol. The van der Waals surface area contributed by atoms with Gasteiger partial charge in [-0.25, -0.2) is 0 Å². The van der Waals surface area contributed by atoms with Crippen LogP contribution in [0.2, 0.25) is 0 Å². The lowest BCUT2D eigenvalue weighted by Gasteiger charge is -2.13. The van der Waals surface area contributed by atoms with Gasteiger partial charge in [-0.05, 0) is 42.4 Å². The molecule has 0 heterocycles. The van der Waals surface area contributed by atoms with Crippen molar-refractivity contribution in [2.75, 3.05) is 0 Å². The number of rotatable bonds is 6. The summed E-state index contributed by atoms with van der Waals surface area (Å²) in [6.07, 6.45) is 5.76. The summed E-state index contributed by atoms with van der Waals surface area (Å²) in [5.74, 6) is 1.06. The zero-order chi connectivity index (χ0) is 12.0. The van der Waals surface area contributed by atoms with Gasteiger partial charge in [0, 0.05) is 0 Å². The van der Waals surface area contributed by atoms with Crippen LogP contribution in [0.4, 0.5) is 0 Å². The van der Waals surface area contributed by atoms with Gasteiger partial charge in [0.25, 0.3) is 0 Å². The molecule has 0 amide bonds. The Balaban J connectivity index is 2.80. The highest BCUT2D eigenvalue weighted by molar-refractivity contribution is 5.37. The minimum absolute atomic E-state index is 0.459. The maximum absolute atomic E-state index is 9.77. The number of phenolic OH excluding ortho intramolecular Hbond substituents is 1. The molecule has 1 rings (SSSR count). The maximum atomic E-state index is 9.77. The Morgan fingerprint density at radius 1 is 1.19 bits per heavy atom. The molecule has 0 fully saturated rings. The lowest BCUT2D eigenvalue weighted by Crippen LogP contribution is -1.95. The fraction of sp³-hybridized carbons (Fsp3) is 0.600. The van der Waals surface area contributed by atoms with Crippen molar-refractivity contribution in [1.29, 1.82) is 0 Å². The minimum atomic E-state index is 0.459. The van der Waals surface area contributed by atoms with Crippen molar-refractivity contribution >= 4 is 0 Å². The molecule has 1 unspecified atom stereocenters. The van der Waals surface area contributed by atoms with Gasteiger partial charge in [-0.1, -0.05) is 45.7 Å². The smallest absolute Gasteiger partial charge is 0.118 e. The number of hydrogen-bond donors (Lipinski definition) is 1. The average molecular weight is 220 g/mol. The first-order valence-electron chi connectivity index (χ1n) is 6.50. The molecule has 0 bridgehead atoms. The minimum Gasteiger partial charge on any atom is -0.508 e. The molecule has 0 saturated carbocycles. The zero-order valence-electron chi connectivity index (χ0n) is 10.8. The van der Waals surface area contributed by atoms with Crippen LogP contribution in [0.25, 0.3) is 0 Å². The first-order chi connectivity index (χ1) is 7.69. The van der Waals surface area contributed by atoms with Gasteiger partial charge in [0.15, 0.2) is 0 Å². The summed E-state index contributed by atoms with van der Waals surface area (Å²) in [7, 11) is 0. The van der Waals surface area contributed by atoms with Gasteiger partial charge < -0.3 is 5.11 Å². The van der Waals surface area contributed by atoms with E-state index in [0.717, 1.165) is 18.4 Å². The highest BCUT2D eigenvalue weighted by Crippen LogP contribution is 2.27. The molecule has 0 aliphatic heterocycles. The molecule has 0 radical (unpaired) electrons. The van der Waals surface area contributed by atoms with E-state index in [1.54, 1.807) is 0 Å². The highest BCUT2D eigenvalue weighted by Gasteiger charge is 2.07. The van der Waals surface area contributed by atoms with Gasteiger partial charge >= 0.3 is 0 Å². The number of unbranched alkanes of at least 4 members (excludes halogenated alkanes) is 1. The molecular formula is C15H24O. The summed E-state index contributed by atoms with van der Waals surface area (Å²) in [5, 5.41) is 9.77. The Morgan fingerprint density at radius 2 is 1.94 bits per heavy atom. The molecule has 0 aliphatic rings. The van der Waals surface area contributed by atoms with Gasteiger partial charge in [-0.2, -0.15) is 0 Å².